The van der Waals surface area contributed by atoms with E-state index in [9.17, 15) is 9.59 Å². The average molecular weight is 284 g/mol. The Labute approximate surface area is 117 Å². The van der Waals surface area contributed by atoms with Crippen LogP contribution in [0, 0.1) is 6.92 Å². The fourth-order valence-corrected chi connectivity index (χ4v) is 2.43. The second-order valence-electron chi connectivity index (χ2n) is 4.71. The minimum Gasteiger partial charge on any atom is -0.481 e. The molecule has 1 N–H and O–H groups in total. The molecule has 5 nitrogen and oxygen atoms in total. The first-order valence-corrected chi connectivity index (χ1v) is 7.20. The lowest BCUT2D eigenvalue weighted by atomic mass is 10.2. The molecule has 0 aliphatic carbocycles. The number of carbonyl (C=O) groups excluding carboxylic acids is 1. The van der Waals surface area contributed by atoms with Crippen molar-refractivity contribution in [2.45, 2.75) is 46.1 Å². The van der Waals surface area contributed by atoms with Crippen molar-refractivity contribution in [1.82, 2.24) is 9.88 Å². The molecule has 0 saturated carbocycles. The zero-order valence-electron chi connectivity index (χ0n) is 11.5. The third kappa shape index (κ3) is 5.38. The monoisotopic (exact) mass is 284 g/mol. The van der Waals surface area contributed by atoms with Gasteiger partial charge in [0, 0.05) is 24.4 Å². The third-order valence-corrected chi connectivity index (χ3v) is 3.55. The highest BCUT2D eigenvalue weighted by Crippen LogP contribution is 2.11. The third-order valence-electron chi connectivity index (χ3n) is 2.73. The van der Waals surface area contributed by atoms with Gasteiger partial charge in [-0.2, -0.15) is 0 Å². The maximum Gasteiger partial charge on any atom is 0.303 e. The number of carbonyl (C=O) groups is 2. The number of carboxylic acids is 1. The lowest BCUT2D eigenvalue weighted by Crippen LogP contribution is -2.39. The van der Waals surface area contributed by atoms with Crippen LogP contribution in [0.3, 0.4) is 0 Å². The van der Waals surface area contributed by atoms with E-state index in [2.05, 4.69) is 4.98 Å². The normalized spacial score (nSPS) is 10.7. The molecule has 0 radical (unpaired) electrons. The Morgan fingerprint density at radius 1 is 1.47 bits per heavy atom. The molecule has 1 rings (SSSR count). The standard InChI is InChI=1S/C13H20N2O3S/c1-9(2)15(6-4-5-13(17)18)12(16)7-11-8-19-10(3)14-11/h8-9H,4-7H2,1-3H3,(H,17,18). The summed E-state index contributed by atoms with van der Waals surface area (Å²) >= 11 is 1.53. The first-order valence-electron chi connectivity index (χ1n) is 6.32. The summed E-state index contributed by atoms with van der Waals surface area (Å²) in [6, 6.07) is 0.0704. The Morgan fingerprint density at radius 2 is 2.16 bits per heavy atom. The Bertz CT molecular complexity index is 443. The molecule has 0 unspecified atom stereocenters. The van der Waals surface area contributed by atoms with E-state index < -0.39 is 5.97 Å². The second-order valence-corrected chi connectivity index (χ2v) is 5.78. The van der Waals surface area contributed by atoms with Crippen molar-refractivity contribution in [3.8, 4) is 0 Å². The van der Waals surface area contributed by atoms with Crippen LogP contribution in [0.25, 0.3) is 0 Å². The molecule has 0 aliphatic rings. The van der Waals surface area contributed by atoms with E-state index in [0.717, 1.165) is 10.7 Å². The number of hydrogen-bond donors (Lipinski definition) is 1. The van der Waals surface area contributed by atoms with Crippen LogP contribution < -0.4 is 0 Å². The Hall–Kier alpha value is -1.43. The predicted molar refractivity (Wildman–Crippen MR) is 74.3 cm³/mol. The minimum absolute atomic E-state index is 0.00527. The van der Waals surface area contributed by atoms with Gasteiger partial charge < -0.3 is 10.0 Å². The quantitative estimate of drug-likeness (QED) is 0.832. The van der Waals surface area contributed by atoms with Gasteiger partial charge in [-0.15, -0.1) is 11.3 Å². The van der Waals surface area contributed by atoms with Crippen LogP contribution in [0.1, 0.15) is 37.4 Å². The van der Waals surface area contributed by atoms with Crippen LogP contribution in [0.15, 0.2) is 5.38 Å². The van der Waals surface area contributed by atoms with Gasteiger partial charge in [-0.05, 0) is 27.2 Å². The number of amides is 1. The topological polar surface area (TPSA) is 70.5 Å². The molecule has 0 aliphatic heterocycles. The van der Waals surface area contributed by atoms with Gasteiger partial charge in [0.15, 0.2) is 0 Å². The van der Waals surface area contributed by atoms with Crippen molar-refractivity contribution in [2.24, 2.45) is 0 Å². The average Bonchev–Trinajstić information content (AvgIpc) is 2.69. The maximum absolute atomic E-state index is 12.2. The maximum atomic E-state index is 12.2. The first-order chi connectivity index (χ1) is 8.90. The van der Waals surface area contributed by atoms with Crippen LogP contribution in [-0.4, -0.2) is 39.5 Å². The van der Waals surface area contributed by atoms with Gasteiger partial charge in [0.1, 0.15) is 0 Å². The van der Waals surface area contributed by atoms with Crippen molar-refractivity contribution >= 4 is 23.2 Å². The van der Waals surface area contributed by atoms with Crippen LogP contribution in [-0.2, 0) is 16.0 Å². The highest BCUT2D eigenvalue weighted by atomic mass is 32.1. The van der Waals surface area contributed by atoms with E-state index in [0.29, 0.717) is 13.0 Å². The van der Waals surface area contributed by atoms with Gasteiger partial charge in [0.2, 0.25) is 5.91 Å². The molecule has 19 heavy (non-hydrogen) atoms. The number of carboxylic acid groups (broad SMARTS) is 1. The second kappa shape index (κ2) is 7.23. The Kier molecular flexibility index (Phi) is 5.95. The van der Waals surface area contributed by atoms with Crippen molar-refractivity contribution in [1.29, 1.82) is 0 Å². The summed E-state index contributed by atoms with van der Waals surface area (Å²) in [6.45, 7) is 6.26. The molecule has 0 atom stereocenters. The smallest absolute Gasteiger partial charge is 0.303 e. The summed E-state index contributed by atoms with van der Waals surface area (Å²) in [5.41, 5.74) is 0.788. The lowest BCUT2D eigenvalue weighted by molar-refractivity contribution is -0.138. The summed E-state index contributed by atoms with van der Waals surface area (Å²) in [7, 11) is 0. The zero-order valence-corrected chi connectivity index (χ0v) is 12.4. The van der Waals surface area contributed by atoms with Crippen molar-refractivity contribution < 1.29 is 14.7 Å². The summed E-state index contributed by atoms with van der Waals surface area (Å²) in [4.78, 5) is 28.7. The molecule has 1 heterocycles. The molecule has 1 aromatic heterocycles. The van der Waals surface area contributed by atoms with Crippen LogP contribution in [0.2, 0.25) is 0 Å². The number of hydrogen-bond acceptors (Lipinski definition) is 4. The van der Waals surface area contributed by atoms with Crippen LogP contribution in [0.5, 0.6) is 0 Å². The minimum atomic E-state index is -0.828. The van der Waals surface area contributed by atoms with E-state index in [1.165, 1.54) is 11.3 Å². The molecule has 106 valence electrons. The summed E-state index contributed by atoms with van der Waals surface area (Å²) in [6.07, 6.45) is 0.858. The van der Waals surface area contributed by atoms with Gasteiger partial charge in [-0.1, -0.05) is 0 Å². The highest BCUT2D eigenvalue weighted by Gasteiger charge is 2.18. The summed E-state index contributed by atoms with van der Waals surface area (Å²) < 4.78 is 0. The number of thiazole rings is 1. The largest absolute Gasteiger partial charge is 0.481 e. The number of rotatable bonds is 7. The molecule has 0 aromatic carbocycles. The molecule has 1 amide bonds. The lowest BCUT2D eigenvalue weighted by Gasteiger charge is -2.26. The Balaban J connectivity index is 2.55. The van der Waals surface area contributed by atoms with Gasteiger partial charge in [0.25, 0.3) is 0 Å². The van der Waals surface area contributed by atoms with E-state index in [-0.39, 0.29) is 24.8 Å². The SMILES string of the molecule is Cc1nc(CC(=O)N(CCCC(=O)O)C(C)C)cs1. The Morgan fingerprint density at radius 3 is 2.63 bits per heavy atom. The van der Waals surface area contributed by atoms with E-state index in [4.69, 9.17) is 5.11 Å². The van der Waals surface area contributed by atoms with Crippen molar-refractivity contribution in [2.75, 3.05) is 6.54 Å². The molecule has 0 fully saturated rings. The van der Waals surface area contributed by atoms with Crippen LogP contribution >= 0.6 is 11.3 Å². The number of aromatic nitrogens is 1. The molecule has 6 heteroatoms. The fourth-order valence-electron chi connectivity index (χ4n) is 1.82. The molecular weight excluding hydrogens is 264 g/mol. The fraction of sp³-hybridized carbons (Fsp3) is 0.615. The zero-order chi connectivity index (χ0) is 14.4. The van der Waals surface area contributed by atoms with Gasteiger partial charge in [-0.25, -0.2) is 4.98 Å². The number of aryl methyl sites for hydroxylation is 1. The van der Waals surface area contributed by atoms with E-state index in [1.807, 2.05) is 26.2 Å². The number of aliphatic carboxylic acids is 1. The van der Waals surface area contributed by atoms with Gasteiger partial charge in [-0.3, -0.25) is 9.59 Å². The molecule has 1 aromatic rings. The van der Waals surface area contributed by atoms with Crippen molar-refractivity contribution in [3.63, 3.8) is 0 Å². The van der Waals surface area contributed by atoms with Gasteiger partial charge >= 0.3 is 5.97 Å². The number of nitrogens with zero attached hydrogens (tertiary/aromatic N) is 2. The first kappa shape index (κ1) is 15.6. The van der Waals surface area contributed by atoms with Crippen molar-refractivity contribution in [3.05, 3.63) is 16.1 Å². The van der Waals surface area contributed by atoms with E-state index in [1.54, 1.807) is 4.90 Å². The summed E-state index contributed by atoms with van der Waals surface area (Å²) in [5, 5.41) is 11.5. The summed E-state index contributed by atoms with van der Waals surface area (Å²) in [5.74, 6) is -0.822. The predicted octanol–water partition coefficient (Wildman–Crippen LogP) is 2.10. The molecule has 0 saturated heterocycles. The highest BCUT2D eigenvalue weighted by molar-refractivity contribution is 7.09. The molecular formula is C13H20N2O3S. The van der Waals surface area contributed by atoms with Gasteiger partial charge in [0.05, 0.1) is 17.1 Å². The molecule has 0 bridgehead atoms. The molecule has 0 spiro atoms. The van der Waals surface area contributed by atoms with E-state index >= 15 is 0 Å². The van der Waals surface area contributed by atoms with Crippen LogP contribution in [0.4, 0.5) is 0 Å².